The van der Waals surface area contributed by atoms with E-state index in [4.69, 9.17) is 14.2 Å². The molecule has 77 heavy (non-hydrogen) atoms. The first-order chi connectivity index (χ1) is 38.0. The quantitative estimate of drug-likeness (QED) is 0.0261. The third kappa shape index (κ3) is 64.3. The van der Waals surface area contributed by atoms with Gasteiger partial charge in [0.05, 0.1) is 0 Å². The van der Waals surface area contributed by atoms with Crippen LogP contribution in [0.1, 0.15) is 380 Å². The van der Waals surface area contributed by atoms with Crippen molar-refractivity contribution >= 4 is 17.9 Å². The minimum atomic E-state index is -0.766. The number of carbonyl (C=O) groups excluding carboxylic acids is 3. The second kappa shape index (κ2) is 66.1. The van der Waals surface area contributed by atoms with Gasteiger partial charge in [-0.3, -0.25) is 14.4 Å². The van der Waals surface area contributed by atoms with Crippen LogP contribution in [-0.2, 0) is 28.6 Å². The van der Waals surface area contributed by atoms with Crippen LogP contribution in [0.4, 0.5) is 0 Å². The average molecular weight is 1080 g/mol. The molecule has 1 atom stereocenters. The summed E-state index contributed by atoms with van der Waals surface area (Å²) < 4.78 is 16.9. The Labute approximate surface area is 480 Å². The molecule has 6 heteroatoms. The number of allylic oxidation sites excluding steroid dienone is 6. The number of carbonyl (C=O) groups is 3. The van der Waals surface area contributed by atoms with Crippen LogP contribution in [0, 0.1) is 0 Å². The normalized spacial score (nSPS) is 12.2. The third-order valence-corrected chi connectivity index (χ3v) is 15.6. The van der Waals surface area contributed by atoms with E-state index in [1.165, 1.54) is 270 Å². The zero-order valence-electron chi connectivity index (χ0n) is 52.0. The molecule has 0 saturated carbocycles. The first kappa shape index (κ1) is 74.6. The van der Waals surface area contributed by atoms with E-state index < -0.39 is 6.10 Å². The topological polar surface area (TPSA) is 78.9 Å². The van der Waals surface area contributed by atoms with E-state index in [1.807, 2.05) is 0 Å². The Balaban J connectivity index is 4.05. The number of ether oxygens (including phenoxy) is 3. The molecule has 0 aliphatic heterocycles. The Hall–Kier alpha value is -2.37. The van der Waals surface area contributed by atoms with Gasteiger partial charge >= 0.3 is 17.9 Å². The lowest BCUT2D eigenvalue weighted by molar-refractivity contribution is -0.167. The molecule has 452 valence electrons. The predicted molar refractivity (Wildman–Crippen MR) is 335 cm³/mol. The van der Waals surface area contributed by atoms with Crippen LogP contribution in [0.15, 0.2) is 36.5 Å². The standard InChI is InChI=1S/C71H132O6/c1-4-7-10-13-16-19-21-23-25-27-29-31-32-33-34-35-36-37-38-39-40-41-43-44-46-48-50-52-55-58-61-64-70(73)76-67-68(66-75-69(72)63-60-57-54-18-15-12-9-6-3)77-71(74)65-62-59-56-53-51-49-47-45-42-30-28-26-24-22-20-17-14-11-8-5-2/h21,23,27,29,32-33,68H,4-20,22,24-26,28,30-31,34-67H2,1-3H3/b23-21-,29-27-,33-32-. The van der Waals surface area contributed by atoms with E-state index in [1.54, 1.807) is 0 Å². The Morgan fingerprint density at radius 1 is 0.260 bits per heavy atom. The summed E-state index contributed by atoms with van der Waals surface area (Å²) in [6.45, 7) is 6.67. The van der Waals surface area contributed by atoms with E-state index >= 15 is 0 Å². The van der Waals surface area contributed by atoms with Crippen LogP contribution in [0.25, 0.3) is 0 Å². The van der Waals surface area contributed by atoms with Gasteiger partial charge in [0.1, 0.15) is 13.2 Å². The number of esters is 3. The van der Waals surface area contributed by atoms with Gasteiger partial charge in [-0.15, -0.1) is 0 Å². The fourth-order valence-electron chi connectivity index (χ4n) is 10.5. The van der Waals surface area contributed by atoms with Gasteiger partial charge in [0, 0.05) is 19.3 Å². The van der Waals surface area contributed by atoms with E-state index in [0.717, 1.165) is 70.6 Å². The number of unbranched alkanes of at least 4 members (excludes halogenated alkanes) is 47. The molecule has 6 nitrogen and oxygen atoms in total. The molecule has 0 rings (SSSR count). The molecule has 0 spiro atoms. The lowest BCUT2D eigenvalue weighted by Gasteiger charge is -2.18. The lowest BCUT2D eigenvalue weighted by atomic mass is 10.0. The molecule has 0 aliphatic carbocycles. The van der Waals surface area contributed by atoms with Gasteiger partial charge in [0.25, 0.3) is 0 Å². The maximum absolute atomic E-state index is 12.9. The summed E-state index contributed by atoms with van der Waals surface area (Å²) in [6.07, 6.45) is 81.9. The molecule has 0 heterocycles. The number of hydrogen-bond acceptors (Lipinski definition) is 6. The fraction of sp³-hybridized carbons (Fsp3) is 0.873. The molecular weight excluding hydrogens is 949 g/mol. The van der Waals surface area contributed by atoms with Crippen LogP contribution in [0.3, 0.4) is 0 Å². The van der Waals surface area contributed by atoms with Gasteiger partial charge < -0.3 is 14.2 Å². The summed E-state index contributed by atoms with van der Waals surface area (Å²) >= 11 is 0. The number of hydrogen-bond donors (Lipinski definition) is 0. The molecular formula is C71H132O6. The highest BCUT2D eigenvalue weighted by Gasteiger charge is 2.19. The van der Waals surface area contributed by atoms with Gasteiger partial charge in [0.15, 0.2) is 6.10 Å². The van der Waals surface area contributed by atoms with Gasteiger partial charge in [-0.2, -0.15) is 0 Å². The van der Waals surface area contributed by atoms with E-state index in [0.29, 0.717) is 19.3 Å². The van der Waals surface area contributed by atoms with Gasteiger partial charge in [-0.25, -0.2) is 0 Å². The van der Waals surface area contributed by atoms with Crippen LogP contribution in [0.2, 0.25) is 0 Å². The van der Waals surface area contributed by atoms with Crippen molar-refractivity contribution in [2.75, 3.05) is 13.2 Å². The summed E-state index contributed by atoms with van der Waals surface area (Å²) in [5, 5.41) is 0. The number of rotatable bonds is 64. The molecule has 0 saturated heterocycles. The zero-order chi connectivity index (χ0) is 55.7. The summed E-state index contributed by atoms with van der Waals surface area (Å²) in [4.78, 5) is 38.2. The largest absolute Gasteiger partial charge is 0.462 e. The van der Waals surface area contributed by atoms with Gasteiger partial charge in [0.2, 0.25) is 0 Å². The maximum atomic E-state index is 12.9. The molecule has 0 amide bonds. The molecule has 0 N–H and O–H groups in total. The highest BCUT2D eigenvalue weighted by atomic mass is 16.6. The monoisotopic (exact) mass is 1080 g/mol. The van der Waals surface area contributed by atoms with Gasteiger partial charge in [-0.1, -0.05) is 340 Å². The summed E-state index contributed by atoms with van der Waals surface area (Å²) in [5.74, 6) is -0.843. The third-order valence-electron chi connectivity index (χ3n) is 15.6. The molecule has 0 aliphatic rings. The molecule has 0 aromatic carbocycles. The summed E-state index contributed by atoms with van der Waals surface area (Å²) in [7, 11) is 0. The SMILES string of the molecule is CCCCCCC/C=C\C/C=C\C/C=C\CCCCCCCCCCCCCCCCCCC(=O)OCC(COC(=O)CCCCCCCCCC)OC(=O)CCCCCCCCCCCCCCCCCCCCCC. The van der Waals surface area contributed by atoms with Crippen molar-refractivity contribution in [3.05, 3.63) is 36.5 Å². The molecule has 0 radical (unpaired) electrons. The molecule has 0 fully saturated rings. The van der Waals surface area contributed by atoms with Crippen LogP contribution < -0.4 is 0 Å². The first-order valence-electron chi connectivity index (χ1n) is 34.5. The highest BCUT2D eigenvalue weighted by Crippen LogP contribution is 2.18. The second-order valence-electron chi connectivity index (χ2n) is 23.5. The predicted octanol–water partition coefficient (Wildman–Crippen LogP) is 23.6. The van der Waals surface area contributed by atoms with Crippen molar-refractivity contribution in [2.24, 2.45) is 0 Å². The van der Waals surface area contributed by atoms with Crippen LogP contribution in [-0.4, -0.2) is 37.2 Å². The summed E-state index contributed by atoms with van der Waals surface area (Å²) in [6, 6.07) is 0. The van der Waals surface area contributed by atoms with E-state index in [9.17, 15) is 14.4 Å². The zero-order valence-corrected chi connectivity index (χ0v) is 52.0. The van der Waals surface area contributed by atoms with E-state index in [2.05, 4.69) is 57.2 Å². The van der Waals surface area contributed by atoms with Crippen LogP contribution >= 0.6 is 0 Å². The maximum Gasteiger partial charge on any atom is 0.306 e. The van der Waals surface area contributed by atoms with Crippen molar-refractivity contribution in [1.29, 1.82) is 0 Å². The molecule has 0 aromatic rings. The smallest absolute Gasteiger partial charge is 0.306 e. The minimum absolute atomic E-state index is 0.0658. The van der Waals surface area contributed by atoms with E-state index in [-0.39, 0.29) is 31.1 Å². The van der Waals surface area contributed by atoms with Crippen molar-refractivity contribution in [1.82, 2.24) is 0 Å². The first-order valence-corrected chi connectivity index (χ1v) is 34.5. The summed E-state index contributed by atoms with van der Waals surface area (Å²) in [5.41, 5.74) is 0. The van der Waals surface area contributed by atoms with Crippen molar-refractivity contribution in [2.45, 2.75) is 386 Å². The Morgan fingerprint density at radius 2 is 0.468 bits per heavy atom. The lowest BCUT2D eigenvalue weighted by Crippen LogP contribution is -2.30. The second-order valence-corrected chi connectivity index (χ2v) is 23.5. The average Bonchev–Trinajstić information content (AvgIpc) is 3.43. The van der Waals surface area contributed by atoms with Crippen molar-refractivity contribution in [3.8, 4) is 0 Å². The highest BCUT2D eigenvalue weighted by molar-refractivity contribution is 5.71. The minimum Gasteiger partial charge on any atom is -0.462 e. The molecule has 0 aromatic heterocycles. The fourth-order valence-corrected chi connectivity index (χ4v) is 10.5. The van der Waals surface area contributed by atoms with Crippen molar-refractivity contribution < 1.29 is 28.6 Å². The van der Waals surface area contributed by atoms with Gasteiger partial charge in [-0.05, 0) is 57.8 Å². The Kier molecular flexibility index (Phi) is 64.1. The Bertz CT molecular complexity index is 1290. The Morgan fingerprint density at radius 3 is 0.727 bits per heavy atom. The van der Waals surface area contributed by atoms with Crippen LogP contribution in [0.5, 0.6) is 0 Å². The molecule has 0 bridgehead atoms. The molecule has 1 unspecified atom stereocenters. The van der Waals surface area contributed by atoms with Crippen molar-refractivity contribution in [3.63, 3.8) is 0 Å².